The van der Waals surface area contributed by atoms with E-state index in [1.54, 1.807) is 13.0 Å². The summed E-state index contributed by atoms with van der Waals surface area (Å²) in [7, 11) is 0. The van der Waals surface area contributed by atoms with Gasteiger partial charge in [-0.05, 0) is 6.92 Å². The van der Waals surface area contributed by atoms with Crippen LogP contribution in [0.5, 0.6) is 0 Å². The fourth-order valence-corrected chi connectivity index (χ4v) is 1.42. The van der Waals surface area contributed by atoms with Gasteiger partial charge in [-0.15, -0.1) is 0 Å². The molecule has 0 aliphatic heterocycles. The minimum absolute atomic E-state index is 0.00491. The lowest BCUT2D eigenvalue weighted by atomic mass is 10.2. The van der Waals surface area contributed by atoms with E-state index in [1.165, 1.54) is 0 Å². The summed E-state index contributed by atoms with van der Waals surface area (Å²) < 4.78 is 0. The first kappa shape index (κ1) is 12.2. The van der Waals surface area contributed by atoms with Gasteiger partial charge in [0.25, 0.3) is 0 Å². The minimum Gasteiger partial charge on any atom is -0.386 e. The Morgan fingerprint density at radius 3 is 2.67 bits per heavy atom. The van der Waals surface area contributed by atoms with Gasteiger partial charge in [-0.2, -0.15) is 5.26 Å². The number of aliphatic hydroxyl groups is 1. The van der Waals surface area contributed by atoms with Gasteiger partial charge in [-0.25, -0.2) is 9.97 Å². The van der Waals surface area contributed by atoms with Gasteiger partial charge in [0.05, 0.1) is 0 Å². The Morgan fingerprint density at radius 1 is 1.60 bits per heavy atom. The van der Waals surface area contributed by atoms with Crippen molar-refractivity contribution in [2.75, 3.05) is 5.73 Å². The number of anilines is 1. The first-order valence-corrected chi connectivity index (χ1v) is 5.32. The summed E-state index contributed by atoms with van der Waals surface area (Å²) in [5.41, 5.74) is 5.51. The number of nitriles is 1. The summed E-state index contributed by atoms with van der Waals surface area (Å²) >= 11 is 8.94. The number of alkyl halides is 1. The van der Waals surface area contributed by atoms with Gasteiger partial charge in [-0.1, -0.05) is 27.5 Å². The molecule has 1 aromatic heterocycles. The zero-order valence-electron chi connectivity index (χ0n) is 7.78. The molecule has 3 N–H and O–H groups in total. The van der Waals surface area contributed by atoms with Crippen molar-refractivity contribution < 1.29 is 5.11 Å². The van der Waals surface area contributed by atoms with Crippen LogP contribution >= 0.6 is 27.5 Å². The predicted molar refractivity (Wildman–Crippen MR) is 59.5 cm³/mol. The van der Waals surface area contributed by atoms with Crippen LogP contribution in [-0.4, -0.2) is 19.9 Å². The average molecular weight is 292 g/mol. The van der Waals surface area contributed by atoms with E-state index in [-0.39, 0.29) is 27.2 Å². The maximum Gasteiger partial charge on any atom is 0.183 e. The van der Waals surface area contributed by atoms with Gasteiger partial charge in [0.15, 0.2) is 16.7 Å². The number of aromatic nitrogens is 2. The van der Waals surface area contributed by atoms with Crippen molar-refractivity contribution >= 4 is 33.3 Å². The maximum absolute atomic E-state index is 9.71. The van der Waals surface area contributed by atoms with Crippen molar-refractivity contribution in [1.29, 1.82) is 5.26 Å². The highest BCUT2D eigenvalue weighted by Crippen LogP contribution is 2.26. The molecule has 0 spiro atoms. The first-order valence-electron chi connectivity index (χ1n) is 4.02. The Hall–Kier alpha value is -0.900. The number of nitrogens with zero attached hydrogens (tertiary/aromatic N) is 3. The van der Waals surface area contributed by atoms with Gasteiger partial charge in [0.1, 0.15) is 17.9 Å². The molecule has 15 heavy (non-hydrogen) atoms. The summed E-state index contributed by atoms with van der Waals surface area (Å²) in [6.45, 7) is 1.73. The van der Waals surface area contributed by atoms with Crippen LogP contribution in [0.1, 0.15) is 24.4 Å². The number of hydrogen-bond acceptors (Lipinski definition) is 5. The van der Waals surface area contributed by atoms with Crippen LogP contribution in [-0.2, 0) is 0 Å². The molecule has 0 aromatic carbocycles. The van der Waals surface area contributed by atoms with Crippen LogP contribution < -0.4 is 5.73 Å². The van der Waals surface area contributed by atoms with E-state index in [2.05, 4.69) is 25.9 Å². The molecular formula is C8H8BrClN4O. The number of nitrogen functional groups attached to an aromatic ring is 1. The SMILES string of the molecule is C[C@@H](Br)[C@H](O)c1nc(C#N)c(N)nc1Cl. The molecule has 5 nitrogen and oxygen atoms in total. The Balaban J connectivity index is 3.26. The molecule has 80 valence electrons. The first-order chi connectivity index (χ1) is 6.97. The average Bonchev–Trinajstić information content (AvgIpc) is 2.17. The molecule has 0 amide bonds. The number of aliphatic hydroxyl groups excluding tert-OH is 1. The molecule has 0 radical (unpaired) electrons. The number of halogens is 2. The lowest BCUT2D eigenvalue weighted by Gasteiger charge is -2.13. The second kappa shape index (κ2) is 4.75. The fourth-order valence-electron chi connectivity index (χ4n) is 0.928. The Labute approximate surface area is 100 Å². The molecule has 0 unspecified atom stereocenters. The highest BCUT2D eigenvalue weighted by atomic mass is 79.9. The van der Waals surface area contributed by atoms with Crippen LogP contribution in [0, 0.1) is 11.3 Å². The van der Waals surface area contributed by atoms with Crippen LogP contribution in [0.25, 0.3) is 0 Å². The summed E-state index contributed by atoms with van der Waals surface area (Å²) in [6, 6.07) is 1.77. The van der Waals surface area contributed by atoms with E-state index in [4.69, 9.17) is 22.6 Å². The molecule has 0 aliphatic carbocycles. The summed E-state index contributed by atoms with van der Waals surface area (Å²) in [5.74, 6) is -0.0410. The molecule has 0 saturated heterocycles. The van der Waals surface area contributed by atoms with Crippen LogP contribution in [0.15, 0.2) is 0 Å². The van der Waals surface area contributed by atoms with Gasteiger partial charge >= 0.3 is 0 Å². The highest BCUT2D eigenvalue weighted by Gasteiger charge is 2.21. The van der Waals surface area contributed by atoms with E-state index in [1.807, 2.05) is 0 Å². The normalized spacial score (nSPS) is 14.3. The second-order valence-electron chi connectivity index (χ2n) is 2.87. The predicted octanol–water partition coefficient (Wildman–Crippen LogP) is 1.40. The Kier molecular flexibility index (Phi) is 3.85. The molecule has 0 bridgehead atoms. The Morgan fingerprint density at radius 2 is 2.20 bits per heavy atom. The quantitative estimate of drug-likeness (QED) is 0.803. The maximum atomic E-state index is 9.71. The van der Waals surface area contributed by atoms with Crippen molar-refractivity contribution in [1.82, 2.24) is 9.97 Å². The largest absolute Gasteiger partial charge is 0.386 e. The summed E-state index contributed by atoms with van der Waals surface area (Å²) in [6.07, 6.45) is -0.933. The van der Waals surface area contributed by atoms with Gasteiger partial charge in [0, 0.05) is 4.83 Å². The van der Waals surface area contributed by atoms with E-state index >= 15 is 0 Å². The molecule has 7 heteroatoms. The van der Waals surface area contributed by atoms with Crippen molar-refractivity contribution in [3.8, 4) is 6.07 Å². The van der Waals surface area contributed by atoms with Crippen molar-refractivity contribution in [3.63, 3.8) is 0 Å². The highest BCUT2D eigenvalue weighted by molar-refractivity contribution is 9.09. The van der Waals surface area contributed by atoms with Crippen LogP contribution in [0.2, 0.25) is 5.15 Å². The van der Waals surface area contributed by atoms with E-state index in [0.29, 0.717) is 0 Å². The summed E-state index contributed by atoms with van der Waals surface area (Å²) in [5, 5.41) is 18.4. The van der Waals surface area contributed by atoms with E-state index in [0.717, 1.165) is 0 Å². The molecule has 0 fully saturated rings. The molecule has 1 aromatic rings. The third-order valence-electron chi connectivity index (χ3n) is 1.73. The number of nitrogens with two attached hydrogens (primary N) is 1. The van der Waals surface area contributed by atoms with Crippen LogP contribution in [0.4, 0.5) is 5.82 Å². The van der Waals surface area contributed by atoms with Gasteiger partial charge < -0.3 is 10.8 Å². The monoisotopic (exact) mass is 290 g/mol. The zero-order valence-corrected chi connectivity index (χ0v) is 10.1. The Bertz CT molecular complexity index is 418. The van der Waals surface area contributed by atoms with Crippen molar-refractivity contribution in [2.45, 2.75) is 17.9 Å². The molecular weight excluding hydrogens is 283 g/mol. The third kappa shape index (κ3) is 2.56. The topological polar surface area (TPSA) is 95.8 Å². The third-order valence-corrected chi connectivity index (χ3v) is 2.50. The smallest absolute Gasteiger partial charge is 0.183 e. The second-order valence-corrected chi connectivity index (χ2v) is 4.67. The molecule has 1 heterocycles. The molecule has 2 atom stereocenters. The zero-order chi connectivity index (χ0) is 11.6. The van der Waals surface area contributed by atoms with Crippen molar-refractivity contribution in [2.24, 2.45) is 0 Å². The fraction of sp³-hybridized carbons (Fsp3) is 0.375. The lowest BCUT2D eigenvalue weighted by molar-refractivity contribution is 0.176. The number of rotatable bonds is 2. The van der Waals surface area contributed by atoms with E-state index < -0.39 is 6.10 Å². The number of hydrogen-bond donors (Lipinski definition) is 2. The molecule has 0 saturated carbocycles. The lowest BCUT2D eigenvalue weighted by Crippen LogP contribution is -2.13. The molecule has 1 rings (SSSR count). The summed E-state index contributed by atoms with van der Waals surface area (Å²) in [4.78, 5) is 7.33. The standard InChI is InChI=1S/C8H8BrClN4O/c1-3(9)6(15)5-7(10)14-8(12)4(2-11)13-5/h3,6,15H,1H3,(H2,12,14)/t3-,6+/m1/s1. The van der Waals surface area contributed by atoms with E-state index in [9.17, 15) is 5.11 Å². The van der Waals surface area contributed by atoms with Gasteiger partial charge in [0.2, 0.25) is 0 Å². The minimum atomic E-state index is -0.933. The molecule has 0 aliphatic rings. The van der Waals surface area contributed by atoms with Crippen LogP contribution in [0.3, 0.4) is 0 Å². The van der Waals surface area contributed by atoms with Crippen molar-refractivity contribution in [3.05, 3.63) is 16.5 Å². The van der Waals surface area contributed by atoms with Gasteiger partial charge in [-0.3, -0.25) is 0 Å².